The van der Waals surface area contributed by atoms with Gasteiger partial charge in [-0.25, -0.2) is 9.78 Å². The molecule has 19 heavy (non-hydrogen) atoms. The number of hydrogen-bond acceptors (Lipinski definition) is 4. The topological polar surface area (TPSA) is 43.6 Å². The third-order valence-electron chi connectivity index (χ3n) is 3.44. The van der Waals surface area contributed by atoms with Crippen molar-refractivity contribution < 1.29 is 9.53 Å². The fraction of sp³-hybridized carbons (Fsp3) is 0.429. The predicted molar refractivity (Wildman–Crippen MR) is 75.6 cm³/mol. The Morgan fingerprint density at radius 1 is 1.47 bits per heavy atom. The van der Waals surface area contributed by atoms with Crippen molar-refractivity contribution in [2.45, 2.75) is 24.5 Å². The lowest BCUT2D eigenvalue weighted by atomic mass is 10.2. The van der Waals surface area contributed by atoms with Crippen LogP contribution in [0.2, 0.25) is 0 Å². The molecule has 5 heteroatoms. The lowest BCUT2D eigenvalue weighted by molar-refractivity contribution is 0.0592. The van der Waals surface area contributed by atoms with E-state index < -0.39 is 0 Å². The van der Waals surface area contributed by atoms with Crippen molar-refractivity contribution in [2.24, 2.45) is 0 Å². The van der Waals surface area contributed by atoms with Crippen LogP contribution in [0.1, 0.15) is 40.8 Å². The largest absolute Gasteiger partial charge is 0.464 e. The highest BCUT2D eigenvalue weighted by molar-refractivity contribution is 7.99. The zero-order valence-corrected chi connectivity index (χ0v) is 11.7. The van der Waals surface area contributed by atoms with Gasteiger partial charge in [-0.05, 0) is 30.7 Å². The number of esters is 1. The zero-order chi connectivity index (χ0) is 13.2. The van der Waals surface area contributed by atoms with Gasteiger partial charge in [0.25, 0.3) is 0 Å². The van der Waals surface area contributed by atoms with Crippen molar-refractivity contribution in [3.05, 3.63) is 35.9 Å². The van der Waals surface area contributed by atoms with Gasteiger partial charge in [0.2, 0.25) is 0 Å². The summed E-state index contributed by atoms with van der Waals surface area (Å²) in [5, 5.41) is 0.377. The van der Waals surface area contributed by atoms with Crippen LogP contribution in [-0.4, -0.2) is 28.2 Å². The number of carbonyl (C=O) groups excluding carboxylic acids is 1. The molecule has 100 valence electrons. The first-order valence-corrected chi connectivity index (χ1v) is 7.52. The summed E-state index contributed by atoms with van der Waals surface area (Å²) in [6.07, 6.45) is 5.46. The van der Waals surface area contributed by atoms with Gasteiger partial charge in [-0.15, -0.1) is 0 Å². The van der Waals surface area contributed by atoms with Gasteiger partial charge in [0, 0.05) is 0 Å². The molecule has 1 unspecified atom stereocenters. The molecule has 0 spiro atoms. The number of aromatic nitrogens is 2. The zero-order valence-electron chi connectivity index (χ0n) is 10.8. The van der Waals surface area contributed by atoms with Gasteiger partial charge in [-0.2, -0.15) is 11.8 Å². The van der Waals surface area contributed by atoms with E-state index in [0.717, 1.165) is 17.8 Å². The summed E-state index contributed by atoms with van der Waals surface area (Å²) in [6, 6.07) is 5.62. The molecule has 1 aliphatic rings. The minimum Gasteiger partial charge on any atom is -0.464 e. The summed E-state index contributed by atoms with van der Waals surface area (Å²) < 4.78 is 6.80. The normalized spacial score (nSPS) is 19.5. The van der Waals surface area contributed by atoms with Crippen molar-refractivity contribution in [1.82, 2.24) is 9.38 Å². The number of methoxy groups -OCH3 is 1. The molecular weight excluding hydrogens is 260 g/mol. The lowest BCUT2D eigenvalue weighted by Gasteiger charge is -2.20. The van der Waals surface area contributed by atoms with Crippen LogP contribution in [0.4, 0.5) is 0 Å². The minimum absolute atomic E-state index is 0.314. The van der Waals surface area contributed by atoms with Gasteiger partial charge < -0.3 is 4.74 Å². The van der Waals surface area contributed by atoms with Crippen LogP contribution >= 0.6 is 11.8 Å². The molecule has 2 aromatic heterocycles. The van der Waals surface area contributed by atoms with Crippen molar-refractivity contribution in [3.8, 4) is 0 Å². The van der Waals surface area contributed by atoms with Gasteiger partial charge in [0.1, 0.15) is 11.5 Å². The van der Waals surface area contributed by atoms with E-state index in [2.05, 4.69) is 4.98 Å². The number of rotatable bonds is 2. The van der Waals surface area contributed by atoms with E-state index in [4.69, 9.17) is 4.74 Å². The second-order valence-electron chi connectivity index (χ2n) is 4.63. The molecule has 0 radical (unpaired) electrons. The van der Waals surface area contributed by atoms with E-state index in [0.29, 0.717) is 10.9 Å². The van der Waals surface area contributed by atoms with Gasteiger partial charge in [-0.3, -0.25) is 4.40 Å². The standard InChI is InChI=1S/C14H16N2O2S/c1-18-14(17)11-6-4-5-10-9-15-13(16(10)11)12-7-2-3-8-19-12/h4-6,9,12H,2-3,7-8H2,1H3. The molecule has 0 bridgehead atoms. The first kappa shape index (κ1) is 12.5. The first-order valence-electron chi connectivity index (χ1n) is 6.47. The highest BCUT2D eigenvalue weighted by Crippen LogP contribution is 2.38. The molecule has 1 fully saturated rings. The Morgan fingerprint density at radius 2 is 2.37 bits per heavy atom. The Kier molecular flexibility index (Phi) is 3.46. The summed E-state index contributed by atoms with van der Waals surface area (Å²) in [6.45, 7) is 0. The number of carbonyl (C=O) groups is 1. The highest BCUT2D eigenvalue weighted by Gasteiger charge is 2.23. The molecule has 1 atom stereocenters. The summed E-state index contributed by atoms with van der Waals surface area (Å²) in [5.74, 6) is 1.83. The average Bonchev–Trinajstić information content (AvgIpc) is 2.91. The SMILES string of the molecule is COC(=O)c1cccc2cnc(C3CCCCS3)n12. The van der Waals surface area contributed by atoms with Gasteiger partial charge in [0.15, 0.2) is 0 Å². The maximum absolute atomic E-state index is 11.9. The Hall–Kier alpha value is -1.49. The van der Waals surface area contributed by atoms with Crippen molar-refractivity contribution in [2.75, 3.05) is 12.9 Å². The summed E-state index contributed by atoms with van der Waals surface area (Å²) in [4.78, 5) is 16.4. The lowest BCUT2D eigenvalue weighted by Crippen LogP contribution is -2.13. The second-order valence-corrected chi connectivity index (χ2v) is 5.95. The number of ether oxygens (including phenoxy) is 1. The molecule has 0 saturated carbocycles. The van der Waals surface area contributed by atoms with Gasteiger partial charge in [-0.1, -0.05) is 12.5 Å². The maximum Gasteiger partial charge on any atom is 0.355 e. The van der Waals surface area contributed by atoms with Gasteiger partial charge >= 0.3 is 5.97 Å². The van der Waals surface area contributed by atoms with E-state index in [9.17, 15) is 4.79 Å². The average molecular weight is 276 g/mol. The molecule has 4 nitrogen and oxygen atoms in total. The molecule has 1 saturated heterocycles. The summed E-state index contributed by atoms with van der Waals surface area (Å²) in [5.41, 5.74) is 1.50. The molecular formula is C14H16N2O2S. The number of pyridine rings is 1. The van der Waals surface area contributed by atoms with Crippen LogP contribution < -0.4 is 0 Å². The Bertz CT molecular complexity index is 603. The Morgan fingerprint density at radius 3 is 3.11 bits per heavy atom. The number of imidazole rings is 1. The number of nitrogens with zero attached hydrogens (tertiary/aromatic N) is 2. The minimum atomic E-state index is -0.314. The molecule has 3 rings (SSSR count). The maximum atomic E-state index is 11.9. The van der Waals surface area contributed by atoms with Crippen LogP contribution in [0.15, 0.2) is 24.4 Å². The molecule has 3 heterocycles. The number of hydrogen-bond donors (Lipinski definition) is 0. The summed E-state index contributed by atoms with van der Waals surface area (Å²) in [7, 11) is 1.41. The quantitative estimate of drug-likeness (QED) is 0.791. The van der Waals surface area contributed by atoms with E-state index >= 15 is 0 Å². The fourth-order valence-corrected chi connectivity index (χ4v) is 3.81. The van der Waals surface area contributed by atoms with E-state index in [-0.39, 0.29) is 5.97 Å². The van der Waals surface area contributed by atoms with Crippen LogP contribution in [0.5, 0.6) is 0 Å². The van der Waals surface area contributed by atoms with Gasteiger partial charge in [0.05, 0.1) is 24.1 Å². The molecule has 0 aromatic carbocycles. The van der Waals surface area contributed by atoms with Crippen LogP contribution in [-0.2, 0) is 4.74 Å². The monoisotopic (exact) mass is 276 g/mol. The predicted octanol–water partition coefficient (Wildman–Crippen LogP) is 3.08. The Labute approximate surface area is 116 Å². The second kappa shape index (κ2) is 5.25. The highest BCUT2D eigenvalue weighted by atomic mass is 32.2. The Balaban J connectivity index is 2.11. The third-order valence-corrected chi connectivity index (χ3v) is 4.81. The van der Waals surface area contributed by atoms with Crippen molar-refractivity contribution in [3.63, 3.8) is 0 Å². The first-order chi connectivity index (χ1) is 9.31. The van der Waals surface area contributed by atoms with Crippen molar-refractivity contribution >= 4 is 23.2 Å². The van der Waals surface area contributed by atoms with E-state index in [1.165, 1.54) is 25.7 Å². The smallest absolute Gasteiger partial charge is 0.355 e. The molecule has 0 amide bonds. The number of thioether (sulfide) groups is 1. The van der Waals surface area contributed by atoms with E-state index in [1.807, 2.05) is 34.5 Å². The van der Waals surface area contributed by atoms with Crippen LogP contribution in [0, 0.1) is 0 Å². The molecule has 2 aromatic rings. The molecule has 1 aliphatic heterocycles. The number of fused-ring (bicyclic) bond motifs is 1. The summed E-state index contributed by atoms with van der Waals surface area (Å²) >= 11 is 1.93. The van der Waals surface area contributed by atoms with E-state index in [1.54, 1.807) is 6.07 Å². The van der Waals surface area contributed by atoms with Crippen LogP contribution in [0.3, 0.4) is 0 Å². The third kappa shape index (κ3) is 2.23. The molecule has 0 aliphatic carbocycles. The molecule has 0 N–H and O–H groups in total. The van der Waals surface area contributed by atoms with Crippen LogP contribution in [0.25, 0.3) is 5.52 Å². The fourth-order valence-electron chi connectivity index (χ4n) is 2.51. The van der Waals surface area contributed by atoms with Crippen molar-refractivity contribution in [1.29, 1.82) is 0 Å².